The zero-order chi connectivity index (χ0) is 14.9. The summed E-state index contributed by atoms with van der Waals surface area (Å²) in [6, 6.07) is 6.93. The zero-order valence-corrected chi connectivity index (χ0v) is 13.7. The molecule has 0 amide bonds. The molecule has 0 saturated heterocycles. The molecule has 0 aliphatic heterocycles. The van der Waals surface area contributed by atoms with Crippen molar-refractivity contribution >= 4 is 0 Å². The number of rotatable bonds is 4. The molecule has 1 nitrogen and oxygen atoms in total. The molecule has 0 aromatic heterocycles. The molecule has 0 spiro atoms. The van der Waals surface area contributed by atoms with Crippen LogP contribution in [0, 0.1) is 11.8 Å². The van der Waals surface area contributed by atoms with Gasteiger partial charge >= 0.3 is 0 Å². The number of benzene rings is 1. The molecule has 2 aliphatic carbocycles. The van der Waals surface area contributed by atoms with Crippen LogP contribution in [0.2, 0.25) is 0 Å². The van der Waals surface area contributed by atoms with Crippen LogP contribution in [0.15, 0.2) is 18.2 Å². The molecule has 0 bridgehead atoms. The fraction of sp³-hybridized carbons (Fsp3) is 0.700. The molecule has 2 unspecified atom stereocenters. The largest absolute Gasteiger partial charge is 0.390 e. The maximum Gasteiger partial charge on any atom is 0.0690 e. The van der Waals surface area contributed by atoms with Crippen LogP contribution in [0.4, 0.5) is 0 Å². The van der Waals surface area contributed by atoms with E-state index in [1.54, 1.807) is 0 Å². The third kappa shape index (κ3) is 3.69. The quantitative estimate of drug-likeness (QED) is 0.851. The average Bonchev–Trinajstić information content (AvgIpc) is 2.84. The number of hydrogen-bond acceptors (Lipinski definition) is 1. The minimum Gasteiger partial charge on any atom is -0.390 e. The van der Waals surface area contributed by atoms with Crippen molar-refractivity contribution in [3.05, 3.63) is 34.9 Å². The van der Waals surface area contributed by atoms with E-state index >= 15 is 0 Å². The fourth-order valence-corrected chi connectivity index (χ4v) is 4.60. The molecule has 1 aromatic carbocycles. The number of aryl methyl sites for hydroxylation is 2. The molecule has 0 heterocycles. The van der Waals surface area contributed by atoms with Crippen LogP contribution in [0.25, 0.3) is 0 Å². The first kappa shape index (κ1) is 15.1. The first-order chi connectivity index (χ1) is 10.0. The van der Waals surface area contributed by atoms with Gasteiger partial charge in [-0.1, -0.05) is 44.9 Å². The van der Waals surface area contributed by atoms with Gasteiger partial charge in [0.2, 0.25) is 0 Å². The van der Waals surface area contributed by atoms with Crippen molar-refractivity contribution in [2.75, 3.05) is 0 Å². The van der Waals surface area contributed by atoms with E-state index in [1.807, 2.05) is 0 Å². The second-order valence-corrected chi connectivity index (χ2v) is 7.95. The lowest BCUT2D eigenvalue weighted by atomic mass is 9.72. The molecule has 1 fully saturated rings. The van der Waals surface area contributed by atoms with Crippen molar-refractivity contribution in [1.29, 1.82) is 0 Å². The average molecular weight is 286 g/mol. The molecule has 21 heavy (non-hydrogen) atoms. The summed E-state index contributed by atoms with van der Waals surface area (Å²) in [7, 11) is 0. The Labute approximate surface area is 129 Å². The van der Waals surface area contributed by atoms with Crippen molar-refractivity contribution in [2.45, 2.75) is 77.2 Å². The summed E-state index contributed by atoms with van der Waals surface area (Å²) in [5, 5.41) is 11.1. The van der Waals surface area contributed by atoms with Gasteiger partial charge in [0.1, 0.15) is 0 Å². The minimum atomic E-state index is -0.454. The second kappa shape index (κ2) is 6.12. The predicted molar refractivity (Wildman–Crippen MR) is 88.5 cm³/mol. The molecular weight excluding hydrogens is 256 g/mol. The van der Waals surface area contributed by atoms with E-state index in [9.17, 15) is 5.11 Å². The molecule has 2 atom stereocenters. The standard InChI is InChI=1S/C20H30O/c1-15(2)11-16-5-4-10-20(21,13-16)14-17-8-9-18-6-3-7-19(18)12-17/h8-9,12,15-16,21H,3-7,10-11,13-14H2,1-2H3. The summed E-state index contributed by atoms with van der Waals surface area (Å²) < 4.78 is 0. The topological polar surface area (TPSA) is 20.2 Å². The Balaban J connectivity index is 1.68. The van der Waals surface area contributed by atoms with Gasteiger partial charge in [-0.3, -0.25) is 0 Å². The lowest BCUT2D eigenvalue weighted by molar-refractivity contribution is -0.0189. The Morgan fingerprint density at radius 1 is 1.19 bits per heavy atom. The van der Waals surface area contributed by atoms with Gasteiger partial charge in [-0.15, -0.1) is 0 Å². The van der Waals surface area contributed by atoms with Crippen LogP contribution in [-0.2, 0) is 19.3 Å². The highest BCUT2D eigenvalue weighted by molar-refractivity contribution is 5.35. The van der Waals surface area contributed by atoms with Gasteiger partial charge in [-0.05, 0) is 67.1 Å². The maximum absolute atomic E-state index is 11.1. The first-order valence-electron chi connectivity index (χ1n) is 8.87. The lowest BCUT2D eigenvalue weighted by Gasteiger charge is -2.38. The van der Waals surface area contributed by atoms with Crippen molar-refractivity contribution in [3.8, 4) is 0 Å². The number of fused-ring (bicyclic) bond motifs is 1. The van der Waals surface area contributed by atoms with Gasteiger partial charge < -0.3 is 5.11 Å². The molecule has 1 aromatic rings. The fourth-order valence-electron chi connectivity index (χ4n) is 4.60. The van der Waals surface area contributed by atoms with E-state index in [1.165, 1.54) is 55.2 Å². The normalized spacial score (nSPS) is 28.9. The second-order valence-electron chi connectivity index (χ2n) is 7.95. The van der Waals surface area contributed by atoms with Crippen LogP contribution >= 0.6 is 0 Å². The Morgan fingerprint density at radius 2 is 2.00 bits per heavy atom. The molecule has 1 heteroatoms. The molecule has 116 valence electrons. The van der Waals surface area contributed by atoms with Crippen LogP contribution in [0.1, 0.15) is 69.1 Å². The summed E-state index contributed by atoms with van der Waals surface area (Å²) in [5.74, 6) is 1.47. The van der Waals surface area contributed by atoms with Crippen molar-refractivity contribution in [1.82, 2.24) is 0 Å². The summed E-state index contributed by atoms with van der Waals surface area (Å²) in [6.45, 7) is 4.60. The summed E-state index contributed by atoms with van der Waals surface area (Å²) in [6.07, 6.45) is 10.4. The van der Waals surface area contributed by atoms with E-state index in [2.05, 4.69) is 32.0 Å². The van der Waals surface area contributed by atoms with E-state index in [-0.39, 0.29) is 0 Å². The Kier molecular flexibility index (Phi) is 4.40. The molecule has 3 rings (SSSR count). The van der Waals surface area contributed by atoms with Gasteiger partial charge in [0, 0.05) is 6.42 Å². The molecule has 1 N–H and O–H groups in total. The van der Waals surface area contributed by atoms with E-state index in [0.717, 1.165) is 31.1 Å². The number of hydrogen-bond donors (Lipinski definition) is 1. The SMILES string of the molecule is CC(C)CC1CCCC(O)(Cc2ccc3c(c2)CCC3)C1. The number of aliphatic hydroxyl groups is 1. The van der Waals surface area contributed by atoms with E-state index in [4.69, 9.17) is 0 Å². The highest BCUT2D eigenvalue weighted by atomic mass is 16.3. The highest BCUT2D eigenvalue weighted by Gasteiger charge is 2.34. The van der Waals surface area contributed by atoms with Crippen molar-refractivity contribution < 1.29 is 5.11 Å². The molecule has 2 aliphatic rings. The summed E-state index contributed by atoms with van der Waals surface area (Å²) in [4.78, 5) is 0. The maximum atomic E-state index is 11.1. The van der Waals surface area contributed by atoms with Gasteiger partial charge in [-0.2, -0.15) is 0 Å². The third-order valence-electron chi connectivity index (χ3n) is 5.42. The highest BCUT2D eigenvalue weighted by Crippen LogP contribution is 2.38. The Morgan fingerprint density at radius 3 is 2.81 bits per heavy atom. The minimum absolute atomic E-state index is 0.454. The zero-order valence-electron chi connectivity index (χ0n) is 13.7. The monoisotopic (exact) mass is 286 g/mol. The Hall–Kier alpha value is -0.820. The Bertz CT molecular complexity index is 491. The summed E-state index contributed by atoms with van der Waals surface area (Å²) in [5.41, 5.74) is 3.96. The predicted octanol–water partition coefficient (Wildman–Crippen LogP) is 4.69. The van der Waals surface area contributed by atoms with E-state index < -0.39 is 5.60 Å². The van der Waals surface area contributed by atoms with Crippen LogP contribution in [-0.4, -0.2) is 10.7 Å². The van der Waals surface area contributed by atoms with Crippen molar-refractivity contribution in [2.24, 2.45) is 11.8 Å². The van der Waals surface area contributed by atoms with Gasteiger partial charge in [0.25, 0.3) is 0 Å². The van der Waals surface area contributed by atoms with Gasteiger partial charge in [-0.25, -0.2) is 0 Å². The van der Waals surface area contributed by atoms with E-state index in [0.29, 0.717) is 0 Å². The van der Waals surface area contributed by atoms with Gasteiger partial charge in [0.05, 0.1) is 5.60 Å². The first-order valence-corrected chi connectivity index (χ1v) is 8.87. The van der Waals surface area contributed by atoms with Crippen LogP contribution in [0.3, 0.4) is 0 Å². The van der Waals surface area contributed by atoms with Crippen LogP contribution < -0.4 is 0 Å². The lowest BCUT2D eigenvalue weighted by Crippen LogP contribution is -2.37. The van der Waals surface area contributed by atoms with Crippen LogP contribution in [0.5, 0.6) is 0 Å². The smallest absolute Gasteiger partial charge is 0.0690 e. The summed E-state index contributed by atoms with van der Waals surface area (Å²) >= 11 is 0. The van der Waals surface area contributed by atoms with Crippen molar-refractivity contribution in [3.63, 3.8) is 0 Å². The molecule has 1 saturated carbocycles. The molecular formula is C20H30O. The van der Waals surface area contributed by atoms with Gasteiger partial charge in [0.15, 0.2) is 0 Å². The third-order valence-corrected chi connectivity index (χ3v) is 5.42. The molecule has 0 radical (unpaired) electrons.